The fourth-order valence-electron chi connectivity index (χ4n) is 3.35. The van der Waals surface area contributed by atoms with Crippen molar-refractivity contribution in [3.8, 4) is 5.69 Å². The molecule has 1 fully saturated rings. The van der Waals surface area contributed by atoms with Crippen molar-refractivity contribution in [2.24, 2.45) is 0 Å². The van der Waals surface area contributed by atoms with Crippen LogP contribution in [0.15, 0.2) is 36.7 Å². The van der Waals surface area contributed by atoms with Gasteiger partial charge in [0.05, 0.1) is 30.2 Å². The number of amides is 2. The summed E-state index contributed by atoms with van der Waals surface area (Å²) in [6, 6.07) is 7.86. The Balaban J connectivity index is 1.61. The van der Waals surface area contributed by atoms with Crippen LogP contribution in [0.1, 0.15) is 44.7 Å². The van der Waals surface area contributed by atoms with Crippen molar-refractivity contribution in [1.82, 2.24) is 25.2 Å². The van der Waals surface area contributed by atoms with Crippen molar-refractivity contribution in [2.45, 2.75) is 51.3 Å². The highest BCUT2D eigenvalue weighted by Gasteiger charge is 2.30. The first kappa shape index (κ1) is 17.4. The van der Waals surface area contributed by atoms with Crippen LogP contribution >= 0.6 is 0 Å². The highest BCUT2D eigenvalue weighted by Crippen LogP contribution is 2.23. The molecule has 1 aromatic heterocycles. The minimum absolute atomic E-state index is 0.0593. The molecule has 1 aliphatic heterocycles. The van der Waals surface area contributed by atoms with Crippen molar-refractivity contribution >= 4 is 6.03 Å². The van der Waals surface area contributed by atoms with E-state index in [9.17, 15) is 9.90 Å². The number of aliphatic hydroxyl groups excluding tert-OH is 1. The van der Waals surface area contributed by atoms with Crippen LogP contribution in [0.5, 0.6) is 0 Å². The summed E-state index contributed by atoms with van der Waals surface area (Å²) in [4.78, 5) is 14.4. The SMILES string of the molecule is CC(O)CC1CCCN1C(=O)NC(C)c1ccc(-n2ccnn2)cc1. The van der Waals surface area contributed by atoms with Gasteiger partial charge in [-0.1, -0.05) is 17.3 Å². The molecule has 1 saturated heterocycles. The summed E-state index contributed by atoms with van der Waals surface area (Å²) >= 11 is 0. The van der Waals surface area contributed by atoms with E-state index in [4.69, 9.17) is 0 Å². The summed E-state index contributed by atoms with van der Waals surface area (Å²) in [5.74, 6) is 0. The van der Waals surface area contributed by atoms with Crippen LogP contribution in [0, 0.1) is 0 Å². The van der Waals surface area contributed by atoms with Gasteiger partial charge in [0.25, 0.3) is 0 Å². The zero-order valence-corrected chi connectivity index (χ0v) is 14.7. The second kappa shape index (κ2) is 7.65. The number of benzene rings is 1. The standard InChI is InChI=1S/C18H25N5O2/c1-13(24)12-17-4-3-10-22(17)18(25)20-14(2)15-5-7-16(8-6-15)23-11-9-19-21-23/h5-9,11,13-14,17,24H,3-4,10,12H2,1-2H3,(H,20,25). The minimum atomic E-state index is -0.389. The summed E-state index contributed by atoms with van der Waals surface area (Å²) in [6.07, 6.45) is 5.62. The summed E-state index contributed by atoms with van der Waals surface area (Å²) in [5.41, 5.74) is 1.96. The molecule has 2 heterocycles. The molecule has 1 aromatic carbocycles. The Morgan fingerprint density at radius 2 is 2.12 bits per heavy atom. The normalized spacial score (nSPS) is 19.6. The Kier molecular flexibility index (Phi) is 5.33. The Bertz CT molecular complexity index is 684. The van der Waals surface area contributed by atoms with E-state index < -0.39 is 0 Å². The molecule has 1 aliphatic rings. The number of likely N-dealkylation sites (tertiary alicyclic amines) is 1. The molecule has 0 saturated carbocycles. The van der Waals surface area contributed by atoms with Gasteiger partial charge < -0.3 is 15.3 Å². The first-order chi connectivity index (χ1) is 12.0. The zero-order valence-electron chi connectivity index (χ0n) is 14.7. The van der Waals surface area contributed by atoms with Gasteiger partial charge in [-0.15, -0.1) is 5.10 Å². The van der Waals surface area contributed by atoms with E-state index >= 15 is 0 Å². The monoisotopic (exact) mass is 343 g/mol. The first-order valence-corrected chi connectivity index (χ1v) is 8.76. The molecule has 134 valence electrons. The van der Waals surface area contributed by atoms with Crippen molar-refractivity contribution in [1.29, 1.82) is 0 Å². The summed E-state index contributed by atoms with van der Waals surface area (Å²) in [7, 11) is 0. The van der Waals surface area contributed by atoms with Gasteiger partial charge in [0.2, 0.25) is 0 Å². The number of aromatic nitrogens is 3. The Labute approximate surface area is 147 Å². The molecule has 7 heteroatoms. The number of hydrogen-bond donors (Lipinski definition) is 2. The van der Waals surface area contributed by atoms with E-state index in [1.54, 1.807) is 24.0 Å². The second-order valence-corrected chi connectivity index (χ2v) is 6.68. The van der Waals surface area contributed by atoms with Crippen LogP contribution in [0.2, 0.25) is 0 Å². The van der Waals surface area contributed by atoms with Crippen LogP contribution in [0.25, 0.3) is 5.69 Å². The molecule has 3 unspecified atom stereocenters. The lowest BCUT2D eigenvalue weighted by Gasteiger charge is -2.27. The van der Waals surface area contributed by atoms with Crippen molar-refractivity contribution in [3.63, 3.8) is 0 Å². The minimum Gasteiger partial charge on any atom is -0.393 e. The molecule has 3 atom stereocenters. The third-order valence-corrected chi connectivity index (χ3v) is 4.67. The van der Waals surface area contributed by atoms with Gasteiger partial charge in [-0.3, -0.25) is 0 Å². The van der Waals surface area contributed by atoms with Crippen LogP contribution in [0.3, 0.4) is 0 Å². The maximum atomic E-state index is 12.6. The van der Waals surface area contributed by atoms with Gasteiger partial charge in [0, 0.05) is 12.6 Å². The number of rotatable bonds is 5. The molecule has 3 rings (SSSR count). The maximum absolute atomic E-state index is 12.6. The molecule has 25 heavy (non-hydrogen) atoms. The van der Waals surface area contributed by atoms with Gasteiger partial charge in [-0.2, -0.15) is 0 Å². The quantitative estimate of drug-likeness (QED) is 0.872. The molecule has 0 spiro atoms. The average Bonchev–Trinajstić information content (AvgIpc) is 3.26. The number of nitrogens with one attached hydrogen (secondary N) is 1. The number of nitrogens with zero attached hydrogens (tertiary/aromatic N) is 4. The number of aliphatic hydroxyl groups is 1. The average molecular weight is 343 g/mol. The zero-order chi connectivity index (χ0) is 17.8. The third-order valence-electron chi connectivity index (χ3n) is 4.67. The molecule has 0 radical (unpaired) electrons. The fourth-order valence-corrected chi connectivity index (χ4v) is 3.35. The Hall–Kier alpha value is -2.41. The smallest absolute Gasteiger partial charge is 0.318 e. The van der Waals surface area contributed by atoms with Gasteiger partial charge in [-0.25, -0.2) is 9.48 Å². The largest absolute Gasteiger partial charge is 0.393 e. The molecule has 0 bridgehead atoms. The number of urea groups is 1. The van der Waals surface area contributed by atoms with Crippen LogP contribution in [-0.4, -0.2) is 49.7 Å². The van der Waals surface area contributed by atoms with Crippen LogP contribution < -0.4 is 5.32 Å². The number of carbonyl (C=O) groups is 1. The van der Waals surface area contributed by atoms with Gasteiger partial charge in [-0.05, 0) is 50.8 Å². The first-order valence-electron chi connectivity index (χ1n) is 8.76. The van der Waals surface area contributed by atoms with Crippen LogP contribution in [0.4, 0.5) is 4.79 Å². The third kappa shape index (κ3) is 4.17. The molecular weight excluding hydrogens is 318 g/mol. The Morgan fingerprint density at radius 1 is 1.36 bits per heavy atom. The maximum Gasteiger partial charge on any atom is 0.318 e. The number of carbonyl (C=O) groups excluding carboxylic acids is 1. The topological polar surface area (TPSA) is 83.3 Å². The van der Waals surface area contributed by atoms with Gasteiger partial charge in [0.1, 0.15) is 0 Å². The molecule has 2 amide bonds. The van der Waals surface area contributed by atoms with Gasteiger partial charge in [0.15, 0.2) is 0 Å². The van der Waals surface area contributed by atoms with E-state index in [1.807, 2.05) is 36.1 Å². The fraction of sp³-hybridized carbons (Fsp3) is 0.500. The van der Waals surface area contributed by atoms with E-state index in [-0.39, 0.29) is 24.2 Å². The van der Waals surface area contributed by atoms with Gasteiger partial charge >= 0.3 is 6.03 Å². The van der Waals surface area contributed by atoms with E-state index in [0.717, 1.165) is 30.6 Å². The van der Waals surface area contributed by atoms with Crippen molar-refractivity contribution < 1.29 is 9.90 Å². The lowest BCUT2D eigenvalue weighted by molar-refractivity contribution is 0.137. The summed E-state index contributed by atoms with van der Waals surface area (Å²) in [5, 5.41) is 20.4. The predicted octanol–water partition coefficient (Wildman–Crippen LogP) is 2.27. The molecule has 7 nitrogen and oxygen atoms in total. The lowest BCUT2D eigenvalue weighted by atomic mass is 10.1. The van der Waals surface area contributed by atoms with Crippen molar-refractivity contribution in [2.75, 3.05) is 6.54 Å². The predicted molar refractivity (Wildman–Crippen MR) is 94.3 cm³/mol. The van der Waals surface area contributed by atoms with Crippen LogP contribution in [-0.2, 0) is 0 Å². The van der Waals surface area contributed by atoms with Crippen molar-refractivity contribution in [3.05, 3.63) is 42.2 Å². The highest BCUT2D eigenvalue weighted by molar-refractivity contribution is 5.75. The number of hydrogen-bond acceptors (Lipinski definition) is 4. The molecular formula is C18H25N5O2. The highest BCUT2D eigenvalue weighted by atomic mass is 16.3. The Morgan fingerprint density at radius 3 is 2.76 bits per heavy atom. The molecule has 0 aliphatic carbocycles. The molecule has 2 N–H and O–H groups in total. The van der Waals surface area contributed by atoms with E-state index in [1.165, 1.54) is 0 Å². The summed E-state index contributed by atoms with van der Waals surface area (Å²) in [6.45, 7) is 4.50. The molecule has 2 aromatic rings. The van der Waals surface area contributed by atoms with E-state index in [0.29, 0.717) is 6.42 Å². The summed E-state index contributed by atoms with van der Waals surface area (Å²) < 4.78 is 1.69. The lowest BCUT2D eigenvalue weighted by Crippen LogP contribution is -2.44. The second-order valence-electron chi connectivity index (χ2n) is 6.68. The van der Waals surface area contributed by atoms with E-state index in [2.05, 4.69) is 15.6 Å².